The molecular weight excluding hydrogens is 416 g/mol. The molecule has 34 heavy (non-hydrogen) atoms. The molecule has 0 aliphatic rings. The molecule has 2 nitrogen and oxygen atoms in total. The lowest BCUT2D eigenvalue weighted by molar-refractivity contribution is -0.120. The average Bonchev–Trinajstić information content (AvgIpc) is 2.90. The largest absolute Gasteiger partial charge is 0.392 e. The average molecular weight is 451 g/mol. The lowest BCUT2D eigenvalue weighted by atomic mass is 9.72. The van der Waals surface area contributed by atoms with Gasteiger partial charge in [0.15, 0.2) is 0 Å². The van der Waals surface area contributed by atoms with Crippen molar-refractivity contribution in [3.63, 3.8) is 0 Å². The normalized spacial score (nSPS) is 12.3. The Labute approximate surface area is 203 Å². The number of Topliss-reactive ketones (excluding diaryl/α,β-unsaturated/α-hetero) is 1. The highest BCUT2D eigenvalue weighted by Gasteiger charge is 2.34. The molecule has 0 spiro atoms. The van der Waals surface area contributed by atoms with Gasteiger partial charge in [0.05, 0.1) is 11.5 Å². The van der Waals surface area contributed by atoms with Crippen LogP contribution in [0.2, 0.25) is 0 Å². The van der Waals surface area contributed by atoms with Crippen LogP contribution in [0.15, 0.2) is 121 Å². The van der Waals surface area contributed by atoms with Crippen LogP contribution in [-0.2, 0) is 15.6 Å². The first kappa shape index (κ1) is 25.1. The Morgan fingerprint density at radius 3 is 1.09 bits per heavy atom. The van der Waals surface area contributed by atoms with Crippen LogP contribution in [0.3, 0.4) is 0 Å². The topological polar surface area (TPSA) is 37.3 Å². The summed E-state index contributed by atoms with van der Waals surface area (Å²) in [5.74, 6) is 0.162. The lowest BCUT2D eigenvalue weighted by Gasteiger charge is -2.34. The van der Waals surface area contributed by atoms with Gasteiger partial charge in [-0.1, -0.05) is 121 Å². The van der Waals surface area contributed by atoms with E-state index in [1.54, 1.807) is 6.92 Å². The number of ketones is 1. The van der Waals surface area contributed by atoms with Gasteiger partial charge in [-0.25, -0.2) is 0 Å². The van der Waals surface area contributed by atoms with Crippen molar-refractivity contribution in [1.82, 2.24) is 0 Å². The number of rotatable bonds is 6. The Morgan fingerprint density at radius 2 is 0.853 bits per heavy atom. The highest BCUT2D eigenvalue weighted by Crippen LogP contribution is 2.35. The van der Waals surface area contributed by atoms with Crippen molar-refractivity contribution in [1.29, 1.82) is 0 Å². The first-order chi connectivity index (χ1) is 16.3. The first-order valence-corrected chi connectivity index (χ1v) is 11.7. The van der Waals surface area contributed by atoms with Crippen LogP contribution in [0.4, 0.5) is 0 Å². The van der Waals surface area contributed by atoms with Gasteiger partial charge in [0.25, 0.3) is 0 Å². The van der Waals surface area contributed by atoms with E-state index in [1.807, 2.05) is 111 Å². The molecule has 1 N–H and O–H groups in total. The molecule has 0 radical (unpaired) electrons. The number of carbonyl (C=O) groups is 1. The summed E-state index contributed by atoms with van der Waals surface area (Å²) < 4.78 is 0. The minimum Gasteiger partial charge on any atom is -0.392 e. The van der Waals surface area contributed by atoms with Crippen molar-refractivity contribution >= 4 is 5.78 Å². The van der Waals surface area contributed by atoms with Crippen molar-refractivity contribution in [3.05, 3.63) is 144 Å². The third-order valence-electron chi connectivity index (χ3n) is 6.99. The molecule has 0 heterocycles. The summed E-state index contributed by atoms with van der Waals surface area (Å²) in [7, 11) is 0. The van der Waals surface area contributed by atoms with Gasteiger partial charge >= 0.3 is 0 Å². The molecule has 4 aromatic carbocycles. The van der Waals surface area contributed by atoms with Gasteiger partial charge in [-0.3, -0.25) is 4.79 Å². The fourth-order valence-corrected chi connectivity index (χ4v) is 4.33. The Balaban J connectivity index is 0.000000191. The van der Waals surface area contributed by atoms with Gasteiger partial charge in [0.2, 0.25) is 0 Å². The number of benzene rings is 4. The molecule has 0 aliphatic carbocycles. The standard InChI is InChI=1S/C16H18O.C16H16O/c2*1-13(17)16(2,14-9-5-3-6-10-14)15-11-7-4-8-12-15/h3-13,17H,1-2H3;3-12H,1-2H3/t13-;/m0./s1. The Kier molecular flexibility index (Phi) is 8.20. The Bertz CT molecular complexity index is 1070. The van der Waals surface area contributed by atoms with E-state index in [-0.39, 0.29) is 11.2 Å². The van der Waals surface area contributed by atoms with Crippen molar-refractivity contribution in [3.8, 4) is 0 Å². The zero-order valence-electron chi connectivity index (χ0n) is 20.5. The van der Waals surface area contributed by atoms with E-state index < -0.39 is 11.5 Å². The van der Waals surface area contributed by atoms with Gasteiger partial charge in [-0.2, -0.15) is 0 Å². The molecule has 4 aromatic rings. The van der Waals surface area contributed by atoms with Gasteiger partial charge < -0.3 is 5.11 Å². The third-order valence-corrected chi connectivity index (χ3v) is 6.99. The van der Waals surface area contributed by atoms with Gasteiger partial charge in [0, 0.05) is 5.41 Å². The summed E-state index contributed by atoms with van der Waals surface area (Å²) in [5, 5.41) is 10.2. The van der Waals surface area contributed by atoms with E-state index in [0.717, 1.165) is 22.3 Å². The number of hydrogen-bond acceptors (Lipinski definition) is 2. The van der Waals surface area contributed by atoms with Crippen molar-refractivity contribution in [2.75, 3.05) is 0 Å². The van der Waals surface area contributed by atoms with Crippen molar-refractivity contribution in [2.24, 2.45) is 0 Å². The molecule has 0 amide bonds. The van der Waals surface area contributed by atoms with Crippen LogP contribution < -0.4 is 0 Å². The molecule has 0 fully saturated rings. The second-order valence-electron chi connectivity index (χ2n) is 9.02. The first-order valence-electron chi connectivity index (χ1n) is 11.7. The molecular formula is C32H34O2. The maximum Gasteiger partial charge on any atom is 0.144 e. The van der Waals surface area contributed by atoms with Crippen LogP contribution in [-0.4, -0.2) is 17.0 Å². The Morgan fingerprint density at radius 1 is 0.588 bits per heavy atom. The van der Waals surface area contributed by atoms with Gasteiger partial charge in [-0.05, 0) is 49.9 Å². The molecule has 0 bridgehead atoms. The van der Waals surface area contributed by atoms with E-state index in [0.29, 0.717) is 0 Å². The maximum absolute atomic E-state index is 12.1. The molecule has 4 rings (SSSR count). The number of carbonyl (C=O) groups excluding carboxylic acids is 1. The second-order valence-corrected chi connectivity index (χ2v) is 9.02. The predicted octanol–water partition coefficient (Wildman–Crippen LogP) is 6.96. The van der Waals surface area contributed by atoms with Gasteiger partial charge in [-0.15, -0.1) is 0 Å². The van der Waals surface area contributed by atoms with Crippen molar-refractivity contribution < 1.29 is 9.90 Å². The summed E-state index contributed by atoms with van der Waals surface area (Å²) in [6, 6.07) is 40.2. The molecule has 2 heteroatoms. The molecule has 0 unspecified atom stereocenters. The number of hydrogen-bond donors (Lipinski definition) is 1. The smallest absolute Gasteiger partial charge is 0.144 e. The minimum atomic E-state index is -0.553. The Hall–Kier alpha value is -3.49. The van der Waals surface area contributed by atoms with Crippen LogP contribution in [0.25, 0.3) is 0 Å². The van der Waals surface area contributed by atoms with E-state index in [4.69, 9.17) is 0 Å². The molecule has 0 saturated carbocycles. The van der Waals surface area contributed by atoms with Gasteiger partial charge in [0.1, 0.15) is 5.78 Å². The summed E-state index contributed by atoms with van der Waals surface area (Å²) in [5.41, 5.74) is 3.45. The zero-order valence-corrected chi connectivity index (χ0v) is 20.5. The summed E-state index contributed by atoms with van der Waals surface area (Å²) in [6.45, 7) is 7.57. The SMILES string of the molecule is CC(=O)C(C)(c1ccccc1)c1ccccc1.C[C@H](O)C(C)(c1ccccc1)c1ccccc1. The fraction of sp³-hybridized carbons (Fsp3) is 0.219. The molecule has 0 aliphatic heterocycles. The van der Waals surface area contributed by atoms with Crippen LogP contribution in [0.5, 0.6) is 0 Å². The van der Waals surface area contributed by atoms with E-state index in [1.165, 1.54) is 0 Å². The van der Waals surface area contributed by atoms with Crippen LogP contribution in [0.1, 0.15) is 49.9 Å². The number of aliphatic hydroxyl groups is 1. The highest BCUT2D eigenvalue weighted by atomic mass is 16.3. The minimum absolute atomic E-state index is 0.162. The predicted molar refractivity (Wildman–Crippen MR) is 141 cm³/mol. The quantitative estimate of drug-likeness (QED) is 0.345. The van der Waals surface area contributed by atoms with Crippen molar-refractivity contribution in [2.45, 2.75) is 44.6 Å². The van der Waals surface area contributed by atoms with E-state index in [2.05, 4.69) is 31.2 Å². The zero-order chi connectivity index (χ0) is 24.6. The molecule has 0 aromatic heterocycles. The molecule has 0 saturated heterocycles. The van der Waals surface area contributed by atoms with E-state index in [9.17, 15) is 9.90 Å². The van der Waals surface area contributed by atoms with E-state index >= 15 is 0 Å². The van der Waals surface area contributed by atoms with Crippen LogP contribution >= 0.6 is 0 Å². The number of aliphatic hydroxyl groups excluding tert-OH is 1. The summed E-state index contributed by atoms with van der Waals surface area (Å²) in [6.07, 6.45) is -0.438. The monoisotopic (exact) mass is 450 g/mol. The third kappa shape index (κ3) is 5.18. The lowest BCUT2D eigenvalue weighted by Crippen LogP contribution is -2.35. The fourth-order valence-electron chi connectivity index (χ4n) is 4.33. The molecule has 174 valence electrons. The molecule has 1 atom stereocenters. The maximum atomic E-state index is 12.1. The van der Waals surface area contributed by atoms with Crippen LogP contribution in [0, 0.1) is 0 Å². The second kappa shape index (κ2) is 11.1. The summed E-state index contributed by atoms with van der Waals surface area (Å²) in [4.78, 5) is 12.1. The summed E-state index contributed by atoms with van der Waals surface area (Å²) >= 11 is 0. The highest BCUT2D eigenvalue weighted by molar-refractivity contribution is 5.91.